The zero-order valence-corrected chi connectivity index (χ0v) is 19.4. The van der Waals surface area contributed by atoms with Crippen LogP contribution in [0.1, 0.15) is 23.5 Å². The number of alkyl halides is 1. The number of halogens is 1. The summed E-state index contributed by atoms with van der Waals surface area (Å²) < 4.78 is 31.1. The molecule has 0 saturated carbocycles. The first kappa shape index (κ1) is 21.8. The largest absolute Gasteiger partial charge is 0.507 e. The van der Waals surface area contributed by atoms with E-state index in [1.807, 2.05) is 37.3 Å². The molecule has 3 aliphatic rings. The Morgan fingerprint density at radius 1 is 1.23 bits per heavy atom. The zero-order valence-electron chi connectivity index (χ0n) is 17.1. The number of benzene rings is 1. The van der Waals surface area contributed by atoms with Crippen molar-refractivity contribution in [3.05, 3.63) is 52.6 Å². The number of nitrogens with zero attached hydrogens (tertiary/aromatic N) is 1. The van der Waals surface area contributed by atoms with E-state index < -0.39 is 5.15 Å². The predicted octanol–water partition coefficient (Wildman–Crippen LogP) is 4.03. The quantitative estimate of drug-likeness (QED) is 0.686. The third-order valence-electron chi connectivity index (χ3n) is 5.84. The second-order valence-corrected chi connectivity index (χ2v) is 10.2. The molecule has 3 atom stereocenters. The number of allylic oxidation sites excluding steroid dienone is 5. The zero-order chi connectivity index (χ0) is 21.3. The van der Waals surface area contributed by atoms with Crippen molar-refractivity contribution in [2.75, 3.05) is 39.6 Å². The number of phenols is 1. The van der Waals surface area contributed by atoms with E-state index in [1.165, 1.54) is 0 Å². The Kier molecular flexibility index (Phi) is 6.50. The van der Waals surface area contributed by atoms with Crippen LogP contribution in [0.3, 0.4) is 0 Å². The highest BCUT2D eigenvalue weighted by molar-refractivity contribution is 7.40. The van der Waals surface area contributed by atoms with Gasteiger partial charge in [0.05, 0.1) is 13.2 Å². The summed E-state index contributed by atoms with van der Waals surface area (Å²) in [7, 11) is 4.46. The first-order valence-corrected chi connectivity index (χ1v) is 11.3. The van der Waals surface area contributed by atoms with Gasteiger partial charge in [0.25, 0.3) is 0 Å². The average molecular weight is 451 g/mol. The number of rotatable bonds is 5. The molecule has 0 radical (unpaired) electrons. The number of hydrogen-bond acceptors (Lipinski definition) is 5. The van der Waals surface area contributed by atoms with Gasteiger partial charge in [0, 0.05) is 36.7 Å². The molecule has 0 amide bonds. The fourth-order valence-electron chi connectivity index (χ4n) is 4.07. The van der Waals surface area contributed by atoms with Crippen molar-refractivity contribution in [1.82, 2.24) is 4.90 Å². The van der Waals surface area contributed by atoms with Crippen molar-refractivity contribution in [3.8, 4) is 17.2 Å². The second-order valence-electron chi connectivity index (χ2n) is 7.87. The molecule has 1 fully saturated rings. The molecule has 1 saturated heterocycles. The second kappa shape index (κ2) is 8.96. The molecule has 30 heavy (non-hydrogen) atoms. The van der Waals surface area contributed by atoms with Crippen LogP contribution >= 0.6 is 18.5 Å². The highest BCUT2D eigenvalue weighted by Crippen LogP contribution is 2.47. The summed E-state index contributed by atoms with van der Waals surface area (Å²) in [4.78, 5) is 2.34. The lowest BCUT2D eigenvalue weighted by Gasteiger charge is -2.31. The molecule has 5 nitrogen and oxygen atoms in total. The molecule has 1 N–H and O–H groups in total. The number of morpholine rings is 1. The number of ether oxygens (including phenoxy) is 3. The predicted molar refractivity (Wildman–Crippen MR) is 122 cm³/mol. The van der Waals surface area contributed by atoms with Gasteiger partial charge in [-0.15, -0.1) is 0 Å². The van der Waals surface area contributed by atoms with Crippen molar-refractivity contribution in [1.29, 1.82) is 0 Å². The summed E-state index contributed by atoms with van der Waals surface area (Å²) in [6.07, 6.45) is 8.36. The van der Waals surface area contributed by atoms with Gasteiger partial charge in [0.2, 0.25) is 6.79 Å². The summed E-state index contributed by atoms with van der Waals surface area (Å²) in [5, 5.41) is 9.50. The summed E-state index contributed by atoms with van der Waals surface area (Å²) in [6.45, 7) is 5.78. The Morgan fingerprint density at radius 3 is 2.73 bits per heavy atom. The van der Waals surface area contributed by atoms with Crippen molar-refractivity contribution in [2.24, 2.45) is 0 Å². The van der Waals surface area contributed by atoms with E-state index >= 15 is 0 Å². The summed E-state index contributed by atoms with van der Waals surface area (Å²) in [6, 6.07) is 1.88. The average Bonchev–Trinajstić information content (AvgIpc) is 3.04. The van der Waals surface area contributed by atoms with E-state index in [0.717, 1.165) is 30.8 Å². The molecule has 3 unspecified atom stereocenters. The molecule has 1 aliphatic carbocycles. The maximum Gasteiger partial charge on any atom is 0.231 e. The van der Waals surface area contributed by atoms with E-state index in [0.29, 0.717) is 42.3 Å². The molecule has 162 valence electrons. The first-order chi connectivity index (χ1) is 14.3. The van der Waals surface area contributed by atoms with Crippen molar-refractivity contribution in [2.45, 2.75) is 24.4 Å². The monoisotopic (exact) mass is 451 g/mol. The maximum atomic E-state index is 14.4. The minimum Gasteiger partial charge on any atom is -0.507 e. The Balaban J connectivity index is 1.75. The topological polar surface area (TPSA) is 51.2 Å². The van der Waals surface area contributed by atoms with Crippen LogP contribution in [-0.2, 0) is 4.74 Å². The van der Waals surface area contributed by atoms with Crippen LogP contribution in [0.4, 0.5) is 4.39 Å². The fourth-order valence-corrected chi connectivity index (χ4v) is 4.50. The van der Waals surface area contributed by atoms with Gasteiger partial charge in [-0.1, -0.05) is 42.8 Å². The van der Waals surface area contributed by atoms with Crippen LogP contribution in [0.5, 0.6) is 17.2 Å². The number of fused-ring (bicyclic) bond motifs is 1. The number of hydrogen-bond donors (Lipinski definition) is 1. The molecule has 0 aromatic heterocycles. The van der Waals surface area contributed by atoms with Gasteiger partial charge in [-0.2, -0.15) is 0 Å². The lowest BCUT2D eigenvalue weighted by molar-refractivity contribution is 0.0364. The molecule has 1 aromatic rings. The Bertz CT molecular complexity index is 901. The van der Waals surface area contributed by atoms with Crippen LogP contribution in [0.25, 0.3) is 0 Å². The third-order valence-corrected chi connectivity index (χ3v) is 6.58. The van der Waals surface area contributed by atoms with E-state index in [1.54, 1.807) is 0 Å². The lowest BCUT2D eigenvalue weighted by Crippen LogP contribution is -2.39. The first-order valence-electron chi connectivity index (χ1n) is 10.1. The number of aromatic hydroxyl groups is 1. The van der Waals surface area contributed by atoms with Crippen LogP contribution in [0.15, 0.2) is 41.5 Å². The van der Waals surface area contributed by atoms with Crippen molar-refractivity contribution in [3.63, 3.8) is 0 Å². The summed E-state index contributed by atoms with van der Waals surface area (Å²) in [5.41, 5.74) is 3.16. The van der Waals surface area contributed by atoms with Gasteiger partial charge >= 0.3 is 0 Å². The van der Waals surface area contributed by atoms with E-state index in [9.17, 15) is 9.50 Å². The normalized spacial score (nSPS) is 20.5. The minimum absolute atomic E-state index is 0.105. The molecular formula is C22H28FNO4P2. The van der Waals surface area contributed by atoms with Gasteiger partial charge < -0.3 is 19.3 Å². The molecule has 4 rings (SSSR count). The van der Waals surface area contributed by atoms with Crippen molar-refractivity contribution >= 4 is 18.5 Å². The minimum atomic E-state index is -1.53. The van der Waals surface area contributed by atoms with Gasteiger partial charge in [0.15, 0.2) is 16.6 Å². The van der Waals surface area contributed by atoms with Crippen molar-refractivity contribution < 1.29 is 23.7 Å². The third kappa shape index (κ3) is 4.57. The highest BCUT2D eigenvalue weighted by atomic mass is 31.1. The highest BCUT2D eigenvalue weighted by Gasteiger charge is 2.29. The van der Waals surface area contributed by atoms with Crippen LogP contribution in [0.2, 0.25) is 0 Å². The molecule has 2 heterocycles. The fraction of sp³-hybridized carbons (Fsp3) is 0.455. The summed E-state index contributed by atoms with van der Waals surface area (Å²) >= 11 is 0. The van der Waals surface area contributed by atoms with Gasteiger partial charge in [0.1, 0.15) is 5.75 Å². The molecule has 2 aliphatic heterocycles. The molecular weight excluding hydrogens is 423 g/mol. The Morgan fingerprint density at radius 2 is 2.00 bits per heavy atom. The smallest absolute Gasteiger partial charge is 0.231 e. The van der Waals surface area contributed by atoms with Gasteiger partial charge in [-0.25, -0.2) is 4.39 Å². The lowest BCUT2D eigenvalue weighted by atomic mass is 9.87. The van der Waals surface area contributed by atoms with Gasteiger partial charge in [-0.3, -0.25) is 4.90 Å². The summed E-state index contributed by atoms with van der Waals surface area (Å²) in [5.74, 6) is 1.37. The number of phenolic OH excluding ortho intramolecular Hbond substituents is 1. The Hall–Kier alpha value is -1.45. The van der Waals surface area contributed by atoms with Crippen LogP contribution < -0.4 is 9.47 Å². The molecule has 1 aromatic carbocycles. The van der Waals surface area contributed by atoms with Crippen LogP contribution in [-0.4, -0.2) is 54.8 Å². The standard InChI is InChI=1S/C22H28FNO4P2/c1-14-20(25)17(11-19-21(14)28-13-27-19)18(12-24-7-9-26-10-8-24)15-3-2-4-16(6-5-15)22(23,29)30/h2-3,5-6,11,18,25H,4,7-10,12-13,29-30H2,1H3. The van der Waals surface area contributed by atoms with E-state index in [4.69, 9.17) is 14.2 Å². The van der Waals surface area contributed by atoms with Gasteiger partial charge in [-0.05, 0) is 30.6 Å². The molecule has 0 spiro atoms. The van der Waals surface area contributed by atoms with E-state index in [2.05, 4.69) is 23.4 Å². The van der Waals surface area contributed by atoms with Crippen LogP contribution in [0, 0.1) is 6.92 Å². The SMILES string of the molecule is Cc1c(O)c(C(CN2CCOCC2)C2=CC=C(C(F)(P)P)CC=C2)cc2c1OCO2. The molecule has 0 bridgehead atoms. The van der Waals surface area contributed by atoms with E-state index in [-0.39, 0.29) is 18.5 Å². The maximum absolute atomic E-state index is 14.4. The molecule has 8 heteroatoms. The Labute approximate surface area is 181 Å².